The number of aromatic nitrogens is 1. The molecule has 0 spiro atoms. The first-order chi connectivity index (χ1) is 19.3. The molecule has 0 saturated heterocycles. The van der Waals surface area contributed by atoms with Crippen molar-refractivity contribution in [2.24, 2.45) is 0 Å². The van der Waals surface area contributed by atoms with Crippen LogP contribution in [0.25, 0.3) is 23.1 Å². The van der Waals surface area contributed by atoms with Crippen LogP contribution < -0.4 is 4.74 Å². The molecule has 1 aliphatic heterocycles. The van der Waals surface area contributed by atoms with Crippen molar-refractivity contribution in [3.63, 3.8) is 0 Å². The number of hydrogen-bond donors (Lipinski definition) is 0. The van der Waals surface area contributed by atoms with Gasteiger partial charge in [0.15, 0.2) is 11.6 Å². The Morgan fingerprint density at radius 1 is 1.00 bits per heavy atom. The topological polar surface area (TPSA) is 76.6 Å². The summed E-state index contributed by atoms with van der Waals surface area (Å²) in [5.41, 5.74) is -3.05. The second kappa shape index (κ2) is 12.3. The van der Waals surface area contributed by atoms with Gasteiger partial charge in [0, 0.05) is 23.9 Å². The van der Waals surface area contributed by atoms with Gasteiger partial charge in [-0.3, -0.25) is 4.79 Å². The van der Waals surface area contributed by atoms with Crippen LogP contribution in [0.5, 0.6) is 5.75 Å². The molecule has 0 N–H and O–H groups in total. The van der Waals surface area contributed by atoms with Gasteiger partial charge < -0.3 is 4.74 Å². The average molecular weight is 631 g/mol. The first-order valence-electron chi connectivity index (χ1n) is 11.9. The average Bonchev–Trinajstić information content (AvgIpc) is 3.06. The molecule has 14 heteroatoms. The van der Waals surface area contributed by atoms with E-state index in [1.54, 1.807) is 66.7 Å². The van der Waals surface area contributed by atoms with Crippen LogP contribution >= 0.6 is 11.9 Å². The number of carbonyl (C=O) groups is 1. The molecule has 5 rings (SSSR count). The summed E-state index contributed by atoms with van der Waals surface area (Å²) in [5, 5.41) is -0.652. The second-order valence-electron chi connectivity index (χ2n) is 9.00. The Morgan fingerprint density at radius 2 is 1.71 bits per heavy atom. The first kappa shape index (κ1) is 32.0. The minimum atomic E-state index is -6.00. The van der Waals surface area contributed by atoms with Crippen LogP contribution in [0.1, 0.15) is 40.1 Å². The summed E-state index contributed by atoms with van der Waals surface area (Å²) in [6, 6.07) is 16.8. The number of pyridine rings is 1. The molecule has 2 heterocycles. The van der Waals surface area contributed by atoms with E-state index in [1.807, 2.05) is 0 Å². The molecule has 0 aliphatic carbocycles. The third-order valence-electron chi connectivity index (χ3n) is 6.21. The van der Waals surface area contributed by atoms with Crippen molar-refractivity contribution in [3.8, 4) is 5.75 Å². The van der Waals surface area contributed by atoms with Gasteiger partial charge in [0.1, 0.15) is 12.4 Å². The fourth-order valence-corrected chi connectivity index (χ4v) is 6.74. The molecule has 0 saturated carbocycles. The molecule has 1 aromatic heterocycles. The summed E-state index contributed by atoms with van der Waals surface area (Å²) in [6.07, 6.45) is 3.24. The molecule has 1 unspecified atom stereocenters. The van der Waals surface area contributed by atoms with Crippen molar-refractivity contribution in [2.75, 3.05) is 0 Å². The van der Waals surface area contributed by atoms with Crippen molar-refractivity contribution < 1.29 is 39.9 Å². The van der Waals surface area contributed by atoms with Crippen molar-refractivity contribution in [2.45, 2.75) is 24.3 Å². The van der Waals surface area contributed by atoms with Crippen LogP contribution in [0.4, 0.5) is 22.0 Å². The van der Waals surface area contributed by atoms with Gasteiger partial charge in [0.2, 0.25) is 5.91 Å². The van der Waals surface area contributed by atoms with E-state index in [9.17, 15) is 35.2 Å². The minimum absolute atomic E-state index is 0. The van der Waals surface area contributed by atoms with Gasteiger partial charge in [-0.15, -0.1) is 0 Å². The predicted octanol–water partition coefficient (Wildman–Crippen LogP) is 6.36. The van der Waals surface area contributed by atoms with Crippen LogP contribution in [0, 0.1) is 11.6 Å². The van der Waals surface area contributed by atoms with E-state index in [0.29, 0.717) is 39.1 Å². The SMILES string of the molecule is CC(=O)N(SC1c2ccccc2COc2ccc(/C=C/c3ccc4cc(F)c(F)cc4n3)cc21)S(=O)(=O)C(F)(F)F.[NaH]. The van der Waals surface area contributed by atoms with E-state index in [2.05, 4.69) is 4.98 Å². The molecule has 1 atom stereocenters. The Morgan fingerprint density at radius 3 is 2.43 bits per heavy atom. The summed E-state index contributed by atoms with van der Waals surface area (Å²) in [6.45, 7) is 0.811. The van der Waals surface area contributed by atoms with Gasteiger partial charge in [-0.25, -0.2) is 13.8 Å². The monoisotopic (exact) mass is 630 g/mol. The fourth-order valence-electron chi connectivity index (χ4n) is 4.26. The number of halogens is 5. The zero-order valence-electron chi connectivity index (χ0n) is 21.0. The molecule has 1 amide bonds. The predicted molar refractivity (Wildman–Crippen MR) is 152 cm³/mol. The number of nitrogens with zero attached hydrogens (tertiary/aromatic N) is 2. The van der Waals surface area contributed by atoms with Crippen molar-refractivity contribution in [3.05, 3.63) is 106 Å². The quantitative estimate of drug-likeness (QED) is 0.145. The molecular formula is C28H20F5N2NaO4S2. The summed E-state index contributed by atoms with van der Waals surface area (Å²) in [7, 11) is -6.00. The van der Waals surface area contributed by atoms with Gasteiger partial charge in [0.05, 0.1) is 16.5 Å². The third kappa shape index (κ3) is 6.35. The Labute approximate surface area is 264 Å². The molecule has 0 radical (unpaired) electrons. The molecule has 1 aliphatic rings. The molecular weight excluding hydrogens is 610 g/mol. The Hall–Kier alpha value is -2.97. The Balaban J connectivity index is 0.00000405. The van der Waals surface area contributed by atoms with Crippen LogP contribution in [0.15, 0.2) is 66.7 Å². The van der Waals surface area contributed by atoms with E-state index in [4.69, 9.17) is 4.74 Å². The van der Waals surface area contributed by atoms with Crippen molar-refractivity contribution in [1.82, 2.24) is 8.69 Å². The normalized spacial score (nSPS) is 14.9. The number of hydrogen-bond acceptors (Lipinski definition) is 6. The number of ether oxygens (including phenoxy) is 1. The van der Waals surface area contributed by atoms with E-state index in [1.165, 1.54) is 0 Å². The zero-order valence-corrected chi connectivity index (χ0v) is 22.7. The van der Waals surface area contributed by atoms with Crippen molar-refractivity contribution >= 4 is 80.5 Å². The van der Waals surface area contributed by atoms with Crippen molar-refractivity contribution in [1.29, 1.82) is 0 Å². The van der Waals surface area contributed by atoms with Gasteiger partial charge in [-0.05, 0) is 59.0 Å². The summed E-state index contributed by atoms with van der Waals surface area (Å²) in [5.74, 6) is -3.04. The third-order valence-corrected chi connectivity index (χ3v) is 9.50. The van der Waals surface area contributed by atoms with Crippen LogP contribution in [0.2, 0.25) is 0 Å². The Bertz CT molecular complexity index is 1820. The zero-order chi connectivity index (χ0) is 29.5. The summed E-state index contributed by atoms with van der Waals surface area (Å²) >= 11 is 0.227. The standard InChI is InChI=1S/C28H19F5N2O4S2.Na.H/c1-16(36)35(41(37,38)28(31,32)33)40-27-21-5-3-2-4-19(21)15-39-26-11-7-17(12-22(26)27)6-9-20-10-8-18-13-23(29)24(30)14-25(18)34-20;;/h2-14,27H,15H2,1H3;;/b9-6+;;. The Kier molecular flexibility index (Phi) is 9.38. The second-order valence-corrected chi connectivity index (χ2v) is 12.1. The molecule has 0 fully saturated rings. The van der Waals surface area contributed by atoms with E-state index >= 15 is 0 Å². The number of carbonyl (C=O) groups excluding carboxylic acids is 1. The molecule has 4 aromatic rings. The number of rotatable bonds is 5. The van der Waals surface area contributed by atoms with Gasteiger partial charge >= 0.3 is 45.1 Å². The molecule has 0 bridgehead atoms. The van der Waals surface area contributed by atoms with E-state index in [-0.39, 0.29) is 57.3 Å². The summed E-state index contributed by atoms with van der Waals surface area (Å²) < 4.78 is 97.8. The number of fused-ring (bicyclic) bond motifs is 3. The molecule has 3 aromatic carbocycles. The maximum absolute atomic E-state index is 13.7. The van der Waals surface area contributed by atoms with E-state index < -0.39 is 38.3 Å². The van der Waals surface area contributed by atoms with Crippen LogP contribution in [0.3, 0.4) is 0 Å². The molecule has 42 heavy (non-hydrogen) atoms. The fraction of sp³-hybridized carbons (Fsp3) is 0.143. The van der Waals surface area contributed by atoms with Crippen LogP contribution in [-0.4, -0.2) is 58.1 Å². The molecule has 6 nitrogen and oxygen atoms in total. The number of sulfonamides is 1. The van der Waals surface area contributed by atoms with Gasteiger partial charge in [-0.1, -0.05) is 42.5 Å². The summed E-state index contributed by atoms with van der Waals surface area (Å²) in [4.78, 5) is 16.5. The number of amides is 1. The van der Waals surface area contributed by atoms with E-state index in [0.717, 1.165) is 19.1 Å². The first-order valence-corrected chi connectivity index (χ1v) is 14.2. The van der Waals surface area contributed by atoms with Crippen LogP contribution in [-0.2, 0) is 21.4 Å². The number of benzene rings is 3. The van der Waals surface area contributed by atoms with Gasteiger partial charge in [-0.2, -0.15) is 25.3 Å². The maximum atomic E-state index is 13.7. The van der Waals surface area contributed by atoms with Gasteiger partial charge in [0.25, 0.3) is 0 Å². The number of alkyl halides is 3. The molecule has 214 valence electrons.